The number of carbonyl (C=O) groups is 1. The van der Waals surface area contributed by atoms with Crippen LogP contribution in [0.4, 0.5) is 0 Å². The number of hydrogen-bond acceptors (Lipinski definition) is 3. The topological polar surface area (TPSA) is 35.5 Å². The Morgan fingerprint density at radius 2 is 1.92 bits per heavy atom. The van der Waals surface area contributed by atoms with Gasteiger partial charge in [0, 0.05) is 7.11 Å². The number of methoxy groups -OCH3 is 1. The third-order valence-corrected chi connectivity index (χ3v) is 2.40. The quantitative estimate of drug-likeness (QED) is 0.471. The number of carbonyl (C=O) groups excluding carboxylic acids is 1. The Morgan fingerprint density at radius 1 is 1.31 bits per heavy atom. The number of rotatable bonds is 6. The predicted octanol–water partition coefficient (Wildman–Crippen LogP) is 1.86. The smallest absolute Gasteiger partial charge is 0.308 e. The summed E-state index contributed by atoms with van der Waals surface area (Å²) in [6, 6.07) is 0. The van der Waals surface area contributed by atoms with E-state index in [4.69, 9.17) is 9.47 Å². The van der Waals surface area contributed by atoms with Gasteiger partial charge in [0.2, 0.25) is 0 Å². The molecule has 0 amide bonds. The lowest BCUT2D eigenvalue weighted by atomic mass is 9.94. The fourth-order valence-electron chi connectivity index (χ4n) is 0.943. The lowest BCUT2D eigenvalue weighted by Crippen LogP contribution is -2.22. The highest BCUT2D eigenvalue weighted by Gasteiger charge is 2.19. The van der Waals surface area contributed by atoms with Crippen LogP contribution in [0.1, 0.15) is 27.2 Å². The minimum Gasteiger partial charge on any atom is -0.463 e. The van der Waals surface area contributed by atoms with E-state index in [1.165, 1.54) is 0 Å². The Bertz CT molecular complexity index is 145. The van der Waals surface area contributed by atoms with Crippen LogP contribution in [-0.2, 0) is 14.3 Å². The maximum atomic E-state index is 11.3. The summed E-state index contributed by atoms with van der Waals surface area (Å²) in [6.45, 7) is 6.87. The molecule has 3 heteroatoms. The first-order valence-electron chi connectivity index (χ1n) is 4.79. The van der Waals surface area contributed by atoms with Gasteiger partial charge >= 0.3 is 5.97 Å². The molecule has 0 aliphatic heterocycles. The van der Waals surface area contributed by atoms with Gasteiger partial charge in [-0.05, 0) is 5.92 Å². The van der Waals surface area contributed by atoms with E-state index in [9.17, 15) is 4.79 Å². The highest BCUT2D eigenvalue weighted by atomic mass is 16.6. The second-order valence-corrected chi connectivity index (χ2v) is 3.33. The van der Waals surface area contributed by atoms with Crippen molar-refractivity contribution in [3.8, 4) is 0 Å². The zero-order valence-corrected chi connectivity index (χ0v) is 9.00. The van der Waals surface area contributed by atoms with Gasteiger partial charge in [0.15, 0.2) is 0 Å². The third-order valence-electron chi connectivity index (χ3n) is 2.40. The molecular formula is C10H20O3. The monoisotopic (exact) mass is 188 g/mol. The Morgan fingerprint density at radius 3 is 2.38 bits per heavy atom. The van der Waals surface area contributed by atoms with Crippen LogP contribution in [0.15, 0.2) is 0 Å². The summed E-state index contributed by atoms with van der Waals surface area (Å²) in [5.74, 6) is 0.253. The first-order valence-corrected chi connectivity index (χ1v) is 4.79. The van der Waals surface area contributed by atoms with Crippen molar-refractivity contribution in [3.05, 3.63) is 0 Å². The summed E-state index contributed by atoms with van der Waals surface area (Å²) in [4.78, 5) is 11.3. The van der Waals surface area contributed by atoms with E-state index >= 15 is 0 Å². The molecule has 0 saturated carbocycles. The molecule has 0 rings (SSSR count). The van der Waals surface area contributed by atoms with Crippen molar-refractivity contribution in [1.82, 2.24) is 0 Å². The van der Waals surface area contributed by atoms with Crippen LogP contribution in [0.5, 0.6) is 0 Å². The molecule has 0 spiro atoms. The summed E-state index contributed by atoms with van der Waals surface area (Å²) in [5.41, 5.74) is 0. The first kappa shape index (κ1) is 12.4. The third kappa shape index (κ3) is 4.88. The maximum Gasteiger partial charge on any atom is 0.308 e. The maximum absolute atomic E-state index is 11.3. The fourth-order valence-corrected chi connectivity index (χ4v) is 0.943. The van der Waals surface area contributed by atoms with Gasteiger partial charge in [-0.15, -0.1) is 0 Å². The molecule has 0 aliphatic carbocycles. The molecule has 2 atom stereocenters. The van der Waals surface area contributed by atoms with E-state index in [1.54, 1.807) is 7.11 Å². The Labute approximate surface area is 80.4 Å². The lowest BCUT2D eigenvalue weighted by molar-refractivity contribution is -0.150. The normalized spacial score (nSPS) is 15.1. The summed E-state index contributed by atoms with van der Waals surface area (Å²) in [5, 5.41) is 0. The van der Waals surface area contributed by atoms with Gasteiger partial charge in [-0.1, -0.05) is 27.2 Å². The largest absolute Gasteiger partial charge is 0.463 e. The van der Waals surface area contributed by atoms with Crippen LogP contribution in [0, 0.1) is 11.8 Å². The molecule has 0 radical (unpaired) electrons. The molecule has 13 heavy (non-hydrogen) atoms. The lowest BCUT2D eigenvalue weighted by Gasteiger charge is -2.16. The molecule has 0 aromatic rings. The molecule has 0 fully saturated rings. The average molecular weight is 188 g/mol. The Kier molecular flexibility index (Phi) is 6.59. The highest BCUT2D eigenvalue weighted by molar-refractivity contribution is 5.72. The second-order valence-electron chi connectivity index (χ2n) is 3.33. The molecule has 2 unspecified atom stereocenters. The minimum absolute atomic E-state index is 0.0122. The summed E-state index contributed by atoms with van der Waals surface area (Å²) < 4.78 is 9.78. The van der Waals surface area contributed by atoms with Crippen molar-refractivity contribution in [1.29, 1.82) is 0 Å². The van der Waals surface area contributed by atoms with Gasteiger partial charge in [0.25, 0.3) is 0 Å². The Hall–Kier alpha value is -0.570. The number of ether oxygens (including phenoxy) is 2. The van der Waals surface area contributed by atoms with E-state index in [1.807, 2.05) is 6.92 Å². The van der Waals surface area contributed by atoms with E-state index in [2.05, 4.69) is 13.8 Å². The van der Waals surface area contributed by atoms with E-state index in [0.717, 1.165) is 6.42 Å². The SMILES string of the molecule is CCC(C)C(C)C(=O)OCCOC. The number of esters is 1. The van der Waals surface area contributed by atoms with Crippen LogP contribution >= 0.6 is 0 Å². The zero-order valence-electron chi connectivity index (χ0n) is 9.00. The molecule has 0 aromatic heterocycles. The van der Waals surface area contributed by atoms with Gasteiger partial charge in [-0.3, -0.25) is 4.79 Å². The standard InChI is InChI=1S/C10H20O3/c1-5-8(2)9(3)10(11)13-7-6-12-4/h8-9H,5-7H2,1-4H3. The van der Waals surface area contributed by atoms with Crippen LogP contribution in [0.3, 0.4) is 0 Å². The van der Waals surface area contributed by atoms with Gasteiger partial charge in [-0.25, -0.2) is 0 Å². The minimum atomic E-state index is -0.119. The molecule has 3 nitrogen and oxygen atoms in total. The molecule has 78 valence electrons. The molecule has 0 N–H and O–H groups in total. The second kappa shape index (κ2) is 6.89. The molecule has 0 bridgehead atoms. The summed E-state index contributed by atoms with van der Waals surface area (Å²) in [7, 11) is 1.59. The van der Waals surface area contributed by atoms with Gasteiger partial charge in [0.05, 0.1) is 12.5 Å². The van der Waals surface area contributed by atoms with Crippen molar-refractivity contribution >= 4 is 5.97 Å². The van der Waals surface area contributed by atoms with Crippen LogP contribution in [0.2, 0.25) is 0 Å². The van der Waals surface area contributed by atoms with Gasteiger partial charge < -0.3 is 9.47 Å². The van der Waals surface area contributed by atoms with Crippen molar-refractivity contribution < 1.29 is 14.3 Å². The van der Waals surface area contributed by atoms with Crippen LogP contribution < -0.4 is 0 Å². The van der Waals surface area contributed by atoms with E-state index in [0.29, 0.717) is 19.1 Å². The molecule has 0 aliphatic rings. The van der Waals surface area contributed by atoms with Gasteiger partial charge in [-0.2, -0.15) is 0 Å². The van der Waals surface area contributed by atoms with Gasteiger partial charge in [0.1, 0.15) is 6.61 Å². The predicted molar refractivity (Wildman–Crippen MR) is 51.5 cm³/mol. The van der Waals surface area contributed by atoms with Crippen molar-refractivity contribution in [2.45, 2.75) is 27.2 Å². The van der Waals surface area contributed by atoms with E-state index in [-0.39, 0.29) is 11.9 Å². The highest BCUT2D eigenvalue weighted by Crippen LogP contribution is 2.15. The molecule has 0 heterocycles. The number of hydrogen-bond donors (Lipinski definition) is 0. The van der Waals surface area contributed by atoms with Crippen molar-refractivity contribution in [2.24, 2.45) is 11.8 Å². The Balaban J connectivity index is 3.69. The molecule has 0 saturated heterocycles. The first-order chi connectivity index (χ1) is 6.13. The van der Waals surface area contributed by atoms with Crippen molar-refractivity contribution in [3.63, 3.8) is 0 Å². The summed E-state index contributed by atoms with van der Waals surface area (Å²) >= 11 is 0. The van der Waals surface area contributed by atoms with Crippen LogP contribution in [-0.4, -0.2) is 26.3 Å². The van der Waals surface area contributed by atoms with Crippen LogP contribution in [0.25, 0.3) is 0 Å². The van der Waals surface area contributed by atoms with E-state index < -0.39 is 0 Å². The average Bonchev–Trinajstić information content (AvgIpc) is 2.15. The molecule has 0 aromatic carbocycles. The summed E-state index contributed by atoms with van der Waals surface area (Å²) in [6.07, 6.45) is 1.00. The zero-order chi connectivity index (χ0) is 10.3. The van der Waals surface area contributed by atoms with Crippen molar-refractivity contribution in [2.75, 3.05) is 20.3 Å². The fraction of sp³-hybridized carbons (Fsp3) is 0.900. The molecular weight excluding hydrogens is 168 g/mol.